The standard InChI is InChI=1S/C25H32N8O3S/c1-30-6-8-32(9-7-30)17-35-14-18-11-22(37-16-18)28-25-27-21-3-5-33(19-12-26-31(2)13-19)23(21)24(29-25)36-20-4-10-34-15-20/h3,5,11-13,16,20H,4,6-10,14-15,17H2,1-2H3,(H,27,28,29)/t20-/m0/s1. The van der Waals surface area contributed by atoms with Crippen molar-refractivity contribution in [3.05, 3.63) is 41.7 Å². The Balaban J connectivity index is 1.18. The molecule has 6 rings (SSSR count). The molecule has 0 saturated carbocycles. The number of aromatic nitrogens is 5. The van der Waals surface area contributed by atoms with Crippen molar-refractivity contribution in [2.24, 2.45) is 7.05 Å². The van der Waals surface area contributed by atoms with Crippen molar-refractivity contribution in [1.29, 1.82) is 0 Å². The number of hydrogen-bond acceptors (Lipinski definition) is 10. The van der Waals surface area contributed by atoms with Crippen molar-refractivity contribution in [2.45, 2.75) is 19.1 Å². The van der Waals surface area contributed by atoms with Crippen LogP contribution in [-0.4, -0.2) is 93.4 Å². The van der Waals surface area contributed by atoms with Crippen molar-refractivity contribution in [1.82, 2.24) is 34.1 Å². The fourth-order valence-electron chi connectivity index (χ4n) is 4.56. The third-order valence-electron chi connectivity index (χ3n) is 6.66. The Hall–Kier alpha value is -3.03. The van der Waals surface area contributed by atoms with Gasteiger partial charge in [-0.15, -0.1) is 11.3 Å². The van der Waals surface area contributed by atoms with Crippen LogP contribution >= 0.6 is 11.3 Å². The number of thiophene rings is 1. The smallest absolute Gasteiger partial charge is 0.244 e. The normalized spacial score (nSPS) is 19.1. The molecule has 37 heavy (non-hydrogen) atoms. The van der Waals surface area contributed by atoms with E-state index >= 15 is 0 Å². The molecule has 1 N–H and O–H groups in total. The molecule has 196 valence electrons. The van der Waals surface area contributed by atoms with E-state index in [2.05, 4.69) is 38.7 Å². The zero-order valence-electron chi connectivity index (χ0n) is 21.2. The topological polar surface area (TPSA) is 94.7 Å². The third kappa shape index (κ3) is 5.63. The molecule has 0 spiro atoms. The van der Waals surface area contributed by atoms with E-state index in [9.17, 15) is 0 Å². The van der Waals surface area contributed by atoms with Gasteiger partial charge in [0, 0.05) is 52.0 Å². The molecule has 0 aliphatic carbocycles. The van der Waals surface area contributed by atoms with Crippen LogP contribution in [-0.2, 0) is 23.1 Å². The maximum Gasteiger partial charge on any atom is 0.244 e. The van der Waals surface area contributed by atoms with Gasteiger partial charge < -0.3 is 29.0 Å². The summed E-state index contributed by atoms with van der Waals surface area (Å²) in [6, 6.07) is 4.06. The second-order valence-electron chi connectivity index (χ2n) is 9.59. The number of aryl methyl sites for hydroxylation is 1. The van der Waals surface area contributed by atoms with Crippen molar-refractivity contribution in [3.8, 4) is 11.6 Å². The lowest BCUT2D eigenvalue weighted by atomic mass is 10.3. The zero-order valence-corrected chi connectivity index (χ0v) is 22.0. The molecule has 4 aromatic heterocycles. The zero-order chi connectivity index (χ0) is 25.2. The summed E-state index contributed by atoms with van der Waals surface area (Å²) in [5.74, 6) is 1.03. The molecule has 4 aromatic rings. The SMILES string of the molecule is CN1CCN(COCc2csc(Nc3nc(O[C@H]4CCOC4)c4c(ccn4-c4cnn(C)c4)n3)c2)CC1. The largest absolute Gasteiger partial charge is 0.470 e. The number of fused-ring (bicyclic) bond motifs is 1. The molecule has 2 aliphatic heterocycles. The molecule has 2 aliphatic rings. The third-order valence-corrected chi connectivity index (χ3v) is 7.56. The number of piperazine rings is 1. The summed E-state index contributed by atoms with van der Waals surface area (Å²) in [6.45, 7) is 6.77. The Morgan fingerprint density at radius 2 is 2.08 bits per heavy atom. The first-order valence-corrected chi connectivity index (χ1v) is 13.4. The lowest BCUT2D eigenvalue weighted by Gasteiger charge is -2.31. The second kappa shape index (κ2) is 10.8. The van der Waals surface area contributed by atoms with Crippen LogP contribution in [0.15, 0.2) is 36.1 Å². The highest BCUT2D eigenvalue weighted by Gasteiger charge is 2.22. The van der Waals surface area contributed by atoms with E-state index in [1.807, 2.05) is 36.3 Å². The molecular weight excluding hydrogens is 492 g/mol. The predicted octanol–water partition coefficient (Wildman–Crippen LogP) is 2.85. The molecule has 1 atom stereocenters. The number of ether oxygens (including phenoxy) is 3. The van der Waals surface area contributed by atoms with Crippen LogP contribution in [0.5, 0.6) is 5.88 Å². The van der Waals surface area contributed by atoms with E-state index in [0.717, 1.165) is 59.9 Å². The van der Waals surface area contributed by atoms with Gasteiger partial charge in [0.15, 0.2) is 0 Å². The first-order chi connectivity index (χ1) is 18.1. The quantitative estimate of drug-likeness (QED) is 0.355. The molecule has 0 bridgehead atoms. The second-order valence-corrected chi connectivity index (χ2v) is 10.5. The Labute approximate surface area is 219 Å². The monoisotopic (exact) mass is 524 g/mol. The van der Waals surface area contributed by atoms with Crippen molar-refractivity contribution >= 4 is 33.3 Å². The fourth-order valence-corrected chi connectivity index (χ4v) is 5.34. The van der Waals surface area contributed by atoms with Gasteiger partial charge in [0.05, 0.1) is 49.0 Å². The van der Waals surface area contributed by atoms with Crippen LogP contribution in [0.3, 0.4) is 0 Å². The highest BCUT2D eigenvalue weighted by Crippen LogP contribution is 2.31. The first kappa shape index (κ1) is 24.3. The molecular formula is C25H32N8O3S. The maximum atomic E-state index is 6.33. The summed E-state index contributed by atoms with van der Waals surface area (Å²) < 4.78 is 21.6. The molecule has 6 heterocycles. The summed E-state index contributed by atoms with van der Waals surface area (Å²) in [6.07, 6.45) is 6.54. The highest BCUT2D eigenvalue weighted by molar-refractivity contribution is 7.14. The first-order valence-electron chi connectivity index (χ1n) is 12.6. The summed E-state index contributed by atoms with van der Waals surface area (Å²) in [5, 5.41) is 10.7. The van der Waals surface area contributed by atoms with Crippen molar-refractivity contribution in [3.63, 3.8) is 0 Å². The van der Waals surface area contributed by atoms with Gasteiger partial charge in [-0.05, 0) is 30.1 Å². The van der Waals surface area contributed by atoms with Crippen LogP contribution in [0.4, 0.5) is 10.9 Å². The minimum atomic E-state index is -0.0333. The number of hydrogen-bond donors (Lipinski definition) is 1. The van der Waals surface area contributed by atoms with Gasteiger partial charge in [0.1, 0.15) is 11.6 Å². The van der Waals surface area contributed by atoms with E-state index in [-0.39, 0.29) is 6.10 Å². The summed E-state index contributed by atoms with van der Waals surface area (Å²) in [5.41, 5.74) is 3.66. The average molecular weight is 525 g/mol. The summed E-state index contributed by atoms with van der Waals surface area (Å²) in [4.78, 5) is 14.3. The lowest BCUT2D eigenvalue weighted by molar-refractivity contribution is -0.00172. The molecule has 2 fully saturated rings. The van der Waals surface area contributed by atoms with E-state index in [0.29, 0.717) is 38.4 Å². The van der Waals surface area contributed by atoms with Crippen LogP contribution in [0.2, 0.25) is 0 Å². The van der Waals surface area contributed by atoms with Crippen molar-refractivity contribution in [2.75, 3.05) is 58.5 Å². The average Bonchev–Trinajstić information content (AvgIpc) is 3.69. The number of rotatable bonds is 9. The maximum absolute atomic E-state index is 6.33. The molecule has 0 unspecified atom stereocenters. The van der Waals surface area contributed by atoms with Gasteiger partial charge in [-0.2, -0.15) is 10.1 Å². The van der Waals surface area contributed by atoms with Crippen LogP contribution in [0.25, 0.3) is 16.7 Å². The Morgan fingerprint density at radius 3 is 2.86 bits per heavy atom. The molecule has 2 saturated heterocycles. The molecule has 11 nitrogen and oxygen atoms in total. The molecule has 0 aromatic carbocycles. The van der Waals surface area contributed by atoms with Crippen LogP contribution in [0, 0.1) is 0 Å². The van der Waals surface area contributed by atoms with Gasteiger partial charge in [-0.25, -0.2) is 4.98 Å². The molecule has 0 radical (unpaired) electrons. The highest BCUT2D eigenvalue weighted by atomic mass is 32.1. The summed E-state index contributed by atoms with van der Waals surface area (Å²) in [7, 11) is 4.06. The minimum absolute atomic E-state index is 0.0333. The lowest BCUT2D eigenvalue weighted by Crippen LogP contribution is -2.45. The van der Waals surface area contributed by atoms with Gasteiger partial charge in [0.25, 0.3) is 0 Å². The predicted molar refractivity (Wildman–Crippen MR) is 142 cm³/mol. The van der Waals surface area contributed by atoms with Gasteiger partial charge >= 0.3 is 0 Å². The fraction of sp³-hybridized carbons (Fsp3) is 0.480. The van der Waals surface area contributed by atoms with Crippen LogP contribution in [0.1, 0.15) is 12.0 Å². The Bertz CT molecular complexity index is 1340. The van der Waals surface area contributed by atoms with E-state index < -0.39 is 0 Å². The Kier molecular flexibility index (Phi) is 7.07. The van der Waals surface area contributed by atoms with Gasteiger partial charge in [-0.3, -0.25) is 9.58 Å². The van der Waals surface area contributed by atoms with Gasteiger partial charge in [-0.1, -0.05) is 0 Å². The van der Waals surface area contributed by atoms with E-state index in [4.69, 9.17) is 24.2 Å². The number of nitrogens with zero attached hydrogens (tertiary/aromatic N) is 7. The molecule has 12 heteroatoms. The number of nitrogens with one attached hydrogen (secondary N) is 1. The Morgan fingerprint density at radius 1 is 1.19 bits per heavy atom. The minimum Gasteiger partial charge on any atom is -0.470 e. The van der Waals surface area contributed by atoms with Crippen molar-refractivity contribution < 1.29 is 14.2 Å². The molecule has 0 amide bonds. The van der Waals surface area contributed by atoms with E-state index in [1.165, 1.54) is 0 Å². The number of likely N-dealkylation sites (N-methyl/N-ethyl adjacent to an activating group) is 1. The van der Waals surface area contributed by atoms with Gasteiger partial charge in [0.2, 0.25) is 11.8 Å². The summed E-state index contributed by atoms with van der Waals surface area (Å²) >= 11 is 1.61. The van der Waals surface area contributed by atoms with E-state index in [1.54, 1.807) is 16.0 Å². The number of anilines is 2. The van der Waals surface area contributed by atoms with Crippen LogP contribution < -0.4 is 10.1 Å².